The molecule has 2 aromatic heterocycles. The monoisotopic (exact) mass is 289 g/mol. The van der Waals surface area contributed by atoms with E-state index in [9.17, 15) is 4.79 Å². The third-order valence-corrected chi connectivity index (χ3v) is 4.05. The largest absolute Gasteiger partial charge is 0.437 e. The highest BCUT2D eigenvalue weighted by Crippen LogP contribution is 2.44. The molecule has 2 heterocycles. The summed E-state index contributed by atoms with van der Waals surface area (Å²) in [5.41, 5.74) is 0. The van der Waals surface area contributed by atoms with E-state index in [1.165, 1.54) is 30.4 Å². The minimum atomic E-state index is -0.406. The smallest absolute Gasteiger partial charge is 0.392 e. The summed E-state index contributed by atoms with van der Waals surface area (Å²) in [5, 5.41) is 12.9. The molecular weight excluding hydrogens is 270 g/mol. The molecule has 2 aliphatic rings. The van der Waals surface area contributed by atoms with Gasteiger partial charge >= 0.3 is 5.76 Å². The molecule has 0 unspecified atom stereocenters. The van der Waals surface area contributed by atoms with Crippen molar-refractivity contribution in [3.63, 3.8) is 0 Å². The average Bonchev–Trinajstić information content (AvgIpc) is 3.38. The Morgan fingerprint density at radius 2 is 2.05 bits per heavy atom. The van der Waals surface area contributed by atoms with Crippen LogP contribution in [0.1, 0.15) is 68.5 Å². The van der Waals surface area contributed by atoms with Crippen molar-refractivity contribution >= 4 is 0 Å². The Kier molecular flexibility index (Phi) is 2.94. The molecule has 0 aliphatic heterocycles. The van der Waals surface area contributed by atoms with Gasteiger partial charge in [-0.25, -0.2) is 4.79 Å². The van der Waals surface area contributed by atoms with Crippen molar-refractivity contribution in [2.24, 2.45) is 0 Å². The summed E-state index contributed by atoms with van der Waals surface area (Å²) < 4.78 is 8.75. The topological polar surface area (TPSA) is 78.7 Å². The first-order valence-electron chi connectivity index (χ1n) is 7.76. The van der Waals surface area contributed by atoms with Gasteiger partial charge < -0.3 is 8.98 Å². The van der Waals surface area contributed by atoms with Crippen LogP contribution in [0, 0.1) is 0 Å². The molecule has 2 aromatic rings. The van der Waals surface area contributed by atoms with E-state index in [2.05, 4.69) is 19.9 Å². The van der Waals surface area contributed by atoms with Crippen molar-refractivity contribution < 1.29 is 4.42 Å². The molecule has 0 spiro atoms. The van der Waals surface area contributed by atoms with Gasteiger partial charge in [0.1, 0.15) is 12.4 Å². The van der Waals surface area contributed by atoms with Crippen molar-refractivity contribution in [1.82, 2.24) is 24.5 Å². The molecule has 0 amide bonds. The average molecular weight is 289 g/mol. The Hall–Kier alpha value is -1.92. The quantitative estimate of drug-likeness (QED) is 0.807. The van der Waals surface area contributed by atoms with Gasteiger partial charge in [-0.15, -0.1) is 15.3 Å². The first-order valence-corrected chi connectivity index (χ1v) is 7.76. The predicted molar refractivity (Wildman–Crippen MR) is 74.1 cm³/mol. The van der Waals surface area contributed by atoms with Gasteiger partial charge in [-0.1, -0.05) is 6.92 Å². The van der Waals surface area contributed by atoms with Crippen LogP contribution in [0.4, 0.5) is 0 Å². The lowest BCUT2D eigenvalue weighted by molar-refractivity contribution is 0.445. The van der Waals surface area contributed by atoms with E-state index in [0.29, 0.717) is 30.8 Å². The lowest BCUT2D eigenvalue weighted by Gasteiger charge is -2.07. The van der Waals surface area contributed by atoms with Crippen LogP contribution in [0.2, 0.25) is 0 Å². The van der Waals surface area contributed by atoms with Crippen LogP contribution in [0.3, 0.4) is 0 Å². The van der Waals surface area contributed by atoms with E-state index in [1.807, 2.05) is 6.92 Å². The van der Waals surface area contributed by atoms with Gasteiger partial charge in [0, 0.05) is 18.4 Å². The fourth-order valence-electron chi connectivity index (χ4n) is 2.69. The van der Waals surface area contributed by atoms with Crippen LogP contribution >= 0.6 is 0 Å². The number of hydrogen-bond donors (Lipinski definition) is 0. The molecule has 7 nitrogen and oxygen atoms in total. The van der Waals surface area contributed by atoms with Crippen molar-refractivity contribution in [3.8, 4) is 0 Å². The Labute approximate surface area is 122 Å². The summed E-state index contributed by atoms with van der Waals surface area (Å²) >= 11 is 0. The zero-order chi connectivity index (χ0) is 14.4. The maximum Gasteiger partial charge on any atom is 0.437 e. The standard InChI is InChI=1S/C14H19N5O2/c1-2-3-12-17-18(14(20)21-12)8-11-15-16-13(9-4-5-9)19(11)10-6-7-10/h9-10H,2-8H2,1H3. The third kappa shape index (κ3) is 2.41. The zero-order valence-corrected chi connectivity index (χ0v) is 12.2. The first kappa shape index (κ1) is 12.8. The van der Waals surface area contributed by atoms with Gasteiger partial charge in [0.25, 0.3) is 0 Å². The summed E-state index contributed by atoms with van der Waals surface area (Å²) in [4.78, 5) is 11.8. The highest BCUT2D eigenvalue weighted by molar-refractivity contribution is 5.12. The Bertz CT molecular complexity index is 705. The molecule has 0 saturated heterocycles. The Morgan fingerprint density at radius 1 is 1.24 bits per heavy atom. The second-order valence-electron chi connectivity index (χ2n) is 6.02. The second-order valence-corrected chi connectivity index (χ2v) is 6.02. The molecule has 2 saturated carbocycles. The summed E-state index contributed by atoms with van der Waals surface area (Å²) in [6.45, 7) is 2.38. The molecule has 0 radical (unpaired) electrons. The molecule has 0 aromatic carbocycles. The fourth-order valence-corrected chi connectivity index (χ4v) is 2.69. The van der Waals surface area contributed by atoms with E-state index in [1.54, 1.807) is 0 Å². The number of aryl methyl sites for hydroxylation is 1. The summed E-state index contributed by atoms with van der Waals surface area (Å²) in [6, 6.07) is 0.517. The molecule has 21 heavy (non-hydrogen) atoms. The van der Waals surface area contributed by atoms with E-state index in [4.69, 9.17) is 4.42 Å². The molecule has 2 aliphatic carbocycles. The number of rotatable bonds is 6. The van der Waals surface area contributed by atoms with Gasteiger partial charge in [-0.05, 0) is 32.1 Å². The zero-order valence-electron chi connectivity index (χ0n) is 12.2. The van der Waals surface area contributed by atoms with Crippen LogP contribution in [0.15, 0.2) is 9.21 Å². The van der Waals surface area contributed by atoms with E-state index in [0.717, 1.165) is 18.1 Å². The van der Waals surface area contributed by atoms with E-state index >= 15 is 0 Å². The summed E-state index contributed by atoms with van der Waals surface area (Å²) in [6.07, 6.45) is 6.36. The van der Waals surface area contributed by atoms with Crippen LogP contribution in [0.5, 0.6) is 0 Å². The van der Waals surface area contributed by atoms with Crippen LogP contribution in [0.25, 0.3) is 0 Å². The third-order valence-electron chi connectivity index (χ3n) is 4.05. The minimum Gasteiger partial charge on any atom is -0.392 e. The molecule has 2 fully saturated rings. The number of nitrogens with zero attached hydrogens (tertiary/aromatic N) is 5. The second kappa shape index (κ2) is 4.82. The minimum absolute atomic E-state index is 0.349. The molecule has 0 atom stereocenters. The van der Waals surface area contributed by atoms with E-state index < -0.39 is 5.76 Å². The summed E-state index contributed by atoms with van der Waals surface area (Å²) in [5.74, 6) is 2.59. The van der Waals surface area contributed by atoms with Crippen molar-refractivity contribution in [2.75, 3.05) is 0 Å². The molecular formula is C14H19N5O2. The van der Waals surface area contributed by atoms with Crippen LogP contribution < -0.4 is 5.76 Å². The maximum atomic E-state index is 11.8. The predicted octanol–water partition coefficient (Wildman–Crippen LogP) is 1.64. The number of aromatic nitrogens is 5. The van der Waals surface area contributed by atoms with Gasteiger partial charge in [0.05, 0.1) is 0 Å². The van der Waals surface area contributed by atoms with Crippen LogP contribution in [-0.2, 0) is 13.0 Å². The van der Waals surface area contributed by atoms with Crippen LogP contribution in [-0.4, -0.2) is 24.5 Å². The molecule has 4 rings (SSSR count). The molecule has 0 N–H and O–H groups in total. The lowest BCUT2D eigenvalue weighted by Crippen LogP contribution is -2.19. The van der Waals surface area contributed by atoms with Crippen molar-refractivity contribution in [1.29, 1.82) is 0 Å². The molecule has 0 bridgehead atoms. The lowest BCUT2D eigenvalue weighted by atomic mass is 10.3. The molecule has 7 heteroatoms. The Morgan fingerprint density at radius 3 is 2.71 bits per heavy atom. The highest BCUT2D eigenvalue weighted by atomic mass is 16.4. The highest BCUT2D eigenvalue weighted by Gasteiger charge is 2.36. The van der Waals surface area contributed by atoms with Gasteiger partial charge in [0.15, 0.2) is 5.82 Å². The van der Waals surface area contributed by atoms with Gasteiger partial charge in [0.2, 0.25) is 5.89 Å². The van der Waals surface area contributed by atoms with E-state index in [-0.39, 0.29) is 0 Å². The van der Waals surface area contributed by atoms with Crippen molar-refractivity contribution in [2.45, 2.75) is 64.0 Å². The molecule has 112 valence electrons. The van der Waals surface area contributed by atoms with Gasteiger partial charge in [-0.3, -0.25) is 0 Å². The fraction of sp³-hybridized carbons (Fsp3) is 0.714. The normalized spacial score (nSPS) is 18.3. The SMILES string of the molecule is CCCc1nn(Cc2nnc(C3CC3)n2C2CC2)c(=O)o1. The van der Waals surface area contributed by atoms with Gasteiger partial charge in [-0.2, -0.15) is 4.68 Å². The van der Waals surface area contributed by atoms with Crippen molar-refractivity contribution in [3.05, 3.63) is 28.1 Å². The number of hydrogen-bond acceptors (Lipinski definition) is 5. The summed E-state index contributed by atoms with van der Waals surface area (Å²) in [7, 11) is 0. The first-order chi connectivity index (χ1) is 10.3. The maximum absolute atomic E-state index is 11.8. The Balaban J connectivity index is 1.63.